The van der Waals surface area contributed by atoms with Crippen molar-refractivity contribution in [2.24, 2.45) is 0 Å². The quantitative estimate of drug-likeness (QED) is 0.667. The molecule has 0 spiro atoms. The zero-order chi connectivity index (χ0) is 21.7. The first-order chi connectivity index (χ1) is 14.3. The topological polar surface area (TPSA) is 75.7 Å². The van der Waals surface area contributed by atoms with Crippen LogP contribution in [-0.2, 0) is 4.79 Å². The van der Waals surface area contributed by atoms with Crippen molar-refractivity contribution in [3.63, 3.8) is 0 Å². The van der Waals surface area contributed by atoms with Gasteiger partial charge in [-0.05, 0) is 53.7 Å². The smallest absolute Gasteiger partial charge is 0.387 e. The number of alkyl halides is 2. The van der Waals surface area contributed by atoms with E-state index in [-0.39, 0.29) is 29.3 Å². The van der Waals surface area contributed by atoms with Crippen molar-refractivity contribution >= 4 is 34.9 Å². The van der Waals surface area contributed by atoms with Crippen molar-refractivity contribution in [2.45, 2.75) is 6.61 Å². The Morgan fingerprint density at radius 3 is 2.57 bits per heavy atom. The van der Waals surface area contributed by atoms with Crippen LogP contribution < -0.4 is 10.1 Å². The van der Waals surface area contributed by atoms with E-state index < -0.39 is 29.5 Å². The summed E-state index contributed by atoms with van der Waals surface area (Å²) in [6.45, 7) is -2.99. The lowest BCUT2D eigenvalue weighted by atomic mass is 10.2. The van der Waals surface area contributed by atoms with Gasteiger partial charge in [0.1, 0.15) is 11.6 Å². The molecule has 1 fully saturated rings. The molecule has 1 N–H and O–H groups in total. The average molecular weight is 436 g/mol. The molecular weight excluding hydrogens is 421 g/mol. The number of halogens is 3. The van der Waals surface area contributed by atoms with Crippen LogP contribution in [0.1, 0.15) is 15.9 Å². The molecule has 0 radical (unpaired) electrons. The lowest BCUT2D eigenvalue weighted by molar-refractivity contribution is -0.122. The SMILES string of the molecule is O=C(NCCN1C(=O)SC(=Cc2ccc(OC(F)F)cc2)C1=O)c1cccc(F)c1. The van der Waals surface area contributed by atoms with Crippen LogP contribution in [0.15, 0.2) is 53.4 Å². The largest absolute Gasteiger partial charge is 0.435 e. The first-order valence-electron chi connectivity index (χ1n) is 8.67. The second-order valence-corrected chi connectivity index (χ2v) is 7.04. The van der Waals surface area contributed by atoms with E-state index >= 15 is 0 Å². The van der Waals surface area contributed by atoms with Gasteiger partial charge in [-0.2, -0.15) is 8.78 Å². The van der Waals surface area contributed by atoms with E-state index in [1.807, 2.05) is 0 Å². The summed E-state index contributed by atoms with van der Waals surface area (Å²) in [5, 5.41) is 2.03. The zero-order valence-corrected chi connectivity index (χ0v) is 16.1. The highest BCUT2D eigenvalue weighted by molar-refractivity contribution is 8.18. The van der Waals surface area contributed by atoms with Gasteiger partial charge in [0.15, 0.2) is 0 Å². The van der Waals surface area contributed by atoms with Crippen molar-refractivity contribution in [1.82, 2.24) is 10.2 Å². The van der Waals surface area contributed by atoms with E-state index in [1.54, 1.807) is 0 Å². The Kier molecular flexibility index (Phi) is 6.78. The Morgan fingerprint density at radius 1 is 1.17 bits per heavy atom. The Labute approximate surface area is 173 Å². The van der Waals surface area contributed by atoms with Crippen molar-refractivity contribution in [3.05, 3.63) is 70.4 Å². The fourth-order valence-corrected chi connectivity index (χ4v) is 3.47. The number of rotatable bonds is 7. The highest BCUT2D eigenvalue weighted by Crippen LogP contribution is 2.32. The molecule has 0 aliphatic carbocycles. The van der Waals surface area contributed by atoms with Gasteiger partial charge in [-0.3, -0.25) is 19.3 Å². The molecule has 1 aliphatic rings. The molecule has 1 saturated heterocycles. The van der Waals surface area contributed by atoms with Crippen molar-refractivity contribution in [1.29, 1.82) is 0 Å². The average Bonchev–Trinajstić information content (AvgIpc) is 2.96. The Hall–Kier alpha value is -3.27. The molecule has 2 aromatic carbocycles. The lowest BCUT2D eigenvalue weighted by Crippen LogP contribution is -2.37. The molecule has 1 heterocycles. The van der Waals surface area contributed by atoms with Crippen LogP contribution in [0.5, 0.6) is 5.75 Å². The van der Waals surface area contributed by atoms with E-state index in [9.17, 15) is 27.6 Å². The van der Waals surface area contributed by atoms with E-state index in [1.165, 1.54) is 48.5 Å². The van der Waals surface area contributed by atoms with Gasteiger partial charge in [0.2, 0.25) is 0 Å². The van der Waals surface area contributed by atoms with Crippen LogP contribution in [0.2, 0.25) is 0 Å². The summed E-state index contributed by atoms with van der Waals surface area (Å²) in [4.78, 5) is 37.7. The van der Waals surface area contributed by atoms with Gasteiger partial charge in [0.05, 0.1) is 4.91 Å². The molecule has 3 rings (SSSR count). The van der Waals surface area contributed by atoms with Crippen LogP contribution in [0.3, 0.4) is 0 Å². The summed E-state index contributed by atoms with van der Waals surface area (Å²) in [5.74, 6) is -1.63. The maximum Gasteiger partial charge on any atom is 0.387 e. The number of amides is 3. The Morgan fingerprint density at radius 2 is 1.90 bits per heavy atom. The minimum atomic E-state index is -2.94. The molecule has 0 unspecified atom stereocenters. The molecule has 1 aliphatic heterocycles. The molecule has 0 saturated carbocycles. The zero-order valence-electron chi connectivity index (χ0n) is 15.3. The van der Waals surface area contributed by atoms with Gasteiger partial charge >= 0.3 is 6.61 Å². The summed E-state index contributed by atoms with van der Waals surface area (Å²) in [7, 11) is 0. The predicted molar refractivity (Wildman–Crippen MR) is 104 cm³/mol. The minimum absolute atomic E-state index is 0.000328. The summed E-state index contributed by atoms with van der Waals surface area (Å²) < 4.78 is 41.8. The molecule has 0 bridgehead atoms. The molecule has 30 heavy (non-hydrogen) atoms. The van der Waals surface area contributed by atoms with Crippen molar-refractivity contribution in [3.8, 4) is 5.75 Å². The summed E-state index contributed by atoms with van der Waals surface area (Å²) >= 11 is 0.734. The number of benzene rings is 2. The number of hydrogen-bond acceptors (Lipinski definition) is 5. The molecule has 10 heteroatoms. The molecule has 3 amide bonds. The lowest BCUT2D eigenvalue weighted by Gasteiger charge is -2.13. The van der Waals surface area contributed by atoms with Crippen LogP contribution in [0, 0.1) is 5.82 Å². The van der Waals surface area contributed by atoms with E-state index in [0.717, 1.165) is 22.7 Å². The third-order valence-corrected chi connectivity index (χ3v) is 4.89. The summed E-state index contributed by atoms with van der Waals surface area (Å²) in [5.41, 5.74) is 0.657. The first kappa shape index (κ1) is 21.4. The molecule has 0 atom stereocenters. The number of imide groups is 1. The van der Waals surface area contributed by atoms with E-state index in [2.05, 4.69) is 10.1 Å². The van der Waals surface area contributed by atoms with Crippen LogP contribution >= 0.6 is 11.8 Å². The number of nitrogens with zero attached hydrogens (tertiary/aromatic N) is 1. The highest BCUT2D eigenvalue weighted by Gasteiger charge is 2.34. The van der Waals surface area contributed by atoms with Gasteiger partial charge in [-0.25, -0.2) is 4.39 Å². The Balaban J connectivity index is 1.58. The number of thioether (sulfide) groups is 1. The van der Waals surface area contributed by atoms with Crippen molar-refractivity contribution in [2.75, 3.05) is 13.1 Å². The third-order valence-electron chi connectivity index (χ3n) is 3.98. The number of ether oxygens (including phenoxy) is 1. The molecule has 0 aromatic heterocycles. The molecular formula is C20H15F3N2O4S. The van der Waals surface area contributed by atoms with Gasteiger partial charge in [-0.15, -0.1) is 0 Å². The fourth-order valence-electron chi connectivity index (χ4n) is 2.60. The van der Waals surface area contributed by atoms with Crippen LogP contribution in [-0.4, -0.2) is 41.7 Å². The van der Waals surface area contributed by atoms with Gasteiger partial charge < -0.3 is 10.1 Å². The second kappa shape index (κ2) is 9.49. The van der Waals surface area contributed by atoms with Gasteiger partial charge in [0.25, 0.3) is 17.1 Å². The minimum Gasteiger partial charge on any atom is -0.435 e. The van der Waals surface area contributed by atoms with Gasteiger partial charge in [0, 0.05) is 18.7 Å². The van der Waals surface area contributed by atoms with E-state index in [4.69, 9.17) is 0 Å². The Bertz CT molecular complexity index is 996. The normalized spacial score (nSPS) is 15.2. The number of carbonyl (C=O) groups is 3. The number of nitrogens with one attached hydrogen (secondary N) is 1. The predicted octanol–water partition coefficient (Wildman–Crippen LogP) is 3.89. The fraction of sp³-hybridized carbons (Fsp3) is 0.150. The molecule has 2 aromatic rings. The van der Waals surface area contributed by atoms with Gasteiger partial charge in [-0.1, -0.05) is 18.2 Å². The first-order valence-corrected chi connectivity index (χ1v) is 9.49. The standard InChI is InChI=1S/C20H15F3N2O4S/c21-14-3-1-2-13(11-14)17(26)24-8-9-25-18(27)16(30-20(25)28)10-12-4-6-15(7-5-12)29-19(22)23/h1-7,10-11,19H,8-9H2,(H,24,26). The number of hydrogen-bond donors (Lipinski definition) is 1. The summed E-state index contributed by atoms with van der Waals surface area (Å²) in [6, 6.07) is 10.7. The third kappa shape index (κ3) is 5.41. The van der Waals surface area contributed by atoms with E-state index in [0.29, 0.717) is 5.56 Å². The highest BCUT2D eigenvalue weighted by atomic mass is 32.2. The van der Waals surface area contributed by atoms with Crippen molar-refractivity contribution < 1.29 is 32.3 Å². The second-order valence-electron chi connectivity index (χ2n) is 6.05. The number of carbonyl (C=O) groups excluding carboxylic acids is 3. The molecule has 6 nitrogen and oxygen atoms in total. The monoisotopic (exact) mass is 436 g/mol. The maximum atomic E-state index is 13.2. The van der Waals surface area contributed by atoms with Crippen LogP contribution in [0.4, 0.5) is 18.0 Å². The summed E-state index contributed by atoms with van der Waals surface area (Å²) in [6.07, 6.45) is 1.46. The molecule has 156 valence electrons. The van der Waals surface area contributed by atoms with Crippen LogP contribution in [0.25, 0.3) is 6.08 Å². The maximum absolute atomic E-state index is 13.2.